The van der Waals surface area contributed by atoms with E-state index < -0.39 is 0 Å². The van der Waals surface area contributed by atoms with E-state index >= 15 is 0 Å². The number of hydrogen-bond acceptors (Lipinski definition) is 6. The topological polar surface area (TPSA) is 74.5 Å². The zero-order chi connectivity index (χ0) is 17.6. The molecule has 2 aromatic carbocycles. The third kappa shape index (κ3) is 4.23. The Morgan fingerprint density at radius 2 is 1.92 bits per heavy atom. The second-order valence-corrected chi connectivity index (χ2v) is 5.48. The van der Waals surface area contributed by atoms with Crippen molar-refractivity contribution in [2.24, 2.45) is 0 Å². The van der Waals surface area contributed by atoms with Crippen LogP contribution in [0.25, 0.3) is 0 Å². The molecular formula is C19H18N2O4. The van der Waals surface area contributed by atoms with Gasteiger partial charge in [-0.2, -0.15) is 4.98 Å². The summed E-state index contributed by atoms with van der Waals surface area (Å²) in [6.45, 7) is 1.62. The number of aromatic nitrogens is 2. The molecule has 1 heterocycles. The minimum Gasteiger partial charge on any atom is -0.493 e. The Morgan fingerprint density at radius 1 is 1.12 bits per heavy atom. The van der Waals surface area contributed by atoms with Crippen LogP contribution in [0.5, 0.6) is 11.5 Å². The van der Waals surface area contributed by atoms with Crippen LogP contribution >= 0.6 is 0 Å². The van der Waals surface area contributed by atoms with Crippen molar-refractivity contribution < 1.29 is 18.8 Å². The van der Waals surface area contributed by atoms with Crippen LogP contribution in [-0.4, -0.2) is 23.0 Å². The van der Waals surface area contributed by atoms with Crippen molar-refractivity contribution in [2.45, 2.75) is 20.0 Å². The van der Waals surface area contributed by atoms with Gasteiger partial charge in [0.1, 0.15) is 0 Å². The number of benzene rings is 2. The first-order valence-corrected chi connectivity index (χ1v) is 7.83. The molecular weight excluding hydrogens is 320 g/mol. The molecule has 0 fully saturated rings. The molecule has 0 saturated heterocycles. The van der Waals surface area contributed by atoms with E-state index in [0.29, 0.717) is 35.2 Å². The number of carbonyl (C=O) groups is 1. The number of Topliss-reactive ketones (excluding diaryl/α,β-unsaturated/α-hetero) is 1. The first-order valence-electron chi connectivity index (χ1n) is 7.83. The van der Waals surface area contributed by atoms with Gasteiger partial charge in [0, 0.05) is 12.0 Å². The van der Waals surface area contributed by atoms with Gasteiger partial charge in [-0.3, -0.25) is 4.79 Å². The van der Waals surface area contributed by atoms with Gasteiger partial charge in [-0.15, -0.1) is 0 Å². The van der Waals surface area contributed by atoms with Gasteiger partial charge in [0.05, 0.1) is 7.11 Å². The maximum atomic E-state index is 11.4. The summed E-state index contributed by atoms with van der Waals surface area (Å²) >= 11 is 0. The molecule has 6 nitrogen and oxygen atoms in total. The minimum absolute atomic E-state index is 0.0349. The molecule has 0 amide bonds. The van der Waals surface area contributed by atoms with Gasteiger partial charge in [0.2, 0.25) is 0 Å². The highest BCUT2D eigenvalue weighted by atomic mass is 16.5. The first kappa shape index (κ1) is 16.7. The molecule has 1 aromatic heterocycles. The lowest BCUT2D eigenvalue weighted by molar-refractivity contribution is 0.101. The van der Waals surface area contributed by atoms with Crippen molar-refractivity contribution in [1.29, 1.82) is 0 Å². The van der Waals surface area contributed by atoms with Crippen LogP contribution in [0.15, 0.2) is 53.1 Å². The van der Waals surface area contributed by atoms with E-state index in [4.69, 9.17) is 14.0 Å². The number of rotatable bonds is 7. The van der Waals surface area contributed by atoms with E-state index in [2.05, 4.69) is 10.1 Å². The van der Waals surface area contributed by atoms with E-state index in [9.17, 15) is 4.79 Å². The van der Waals surface area contributed by atoms with Crippen LogP contribution in [-0.2, 0) is 13.0 Å². The van der Waals surface area contributed by atoms with Crippen LogP contribution in [0.2, 0.25) is 0 Å². The molecule has 0 aliphatic carbocycles. The molecule has 0 saturated carbocycles. The predicted octanol–water partition coefficient (Wildman–Crippen LogP) is 3.45. The van der Waals surface area contributed by atoms with E-state index in [0.717, 1.165) is 5.56 Å². The lowest BCUT2D eigenvalue weighted by Gasteiger charge is -2.09. The standard InChI is InChI=1S/C19H18N2O4/c1-13(22)15-8-9-16(17(11-15)23-2)24-12-19-20-18(21-25-19)10-14-6-4-3-5-7-14/h3-9,11H,10,12H2,1-2H3. The van der Waals surface area contributed by atoms with Crippen molar-refractivity contribution in [3.63, 3.8) is 0 Å². The summed E-state index contributed by atoms with van der Waals surface area (Å²) in [6.07, 6.45) is 0.598. The second kappa shape index (κ2) is 7.61. The summed E-state index contributed by atoms with van der Waals surface area (Å²) in [5, 5.41) is 3.96. The van der Waals surface area contributed by atoms with E-state index in [1.807, 2.05) is 30.3 Å². The van der Waals surface area contributed by atoms with E-state index in [1.165, 1.54) is 14.0 Å². The molecule has 3 aromatic rings. The molecule has 0 spiro atoms. The highest BCUT2D eigenvalue weighted by Gasteiger charge is 2.12. The highest BCUT2D eigenvalue weighted by Crippen LogP contribution is 2.28. The lowest BCUT2D eigenvalue weighted by atomic mass is 10.1. The Morgan fingerprint density at radius 3 is 2.64 bits per heavy atom. The molecule has 0 aliphatic rings. The quantitative estimate of drug-likeness (QED) is 0.614. The number of carbonyl (C=O) groups excluding carboxylic acids is 1. The Labute approximate surface area is 145 Å². The van der Waals surface area contributed by atoms with Gasteiger partial charge in [-0.1, -0.05) is 35.5 Å². The van der Waals surface area contributed by atoms with Crippen LogP contribution < -0.4 is 9.47 Å². The van der Waals surface area contributed by atoms with E-state index in [-0.39, 0.29) is 12.4 Å². The third-order valence-electron chi connectivity index (χ3n) is 3.64. The predicted molar refractivity (Wildman–Crippen MR) is 90.9 cm³/mol. The van der Waals surface area contributed by atoms with Gasteiger partial charge in [-0.05, 0) is 30.7 Å². The Kier molecular flexibility index (Phi) is 5.09. The van der Waals surface area contributed by atoms with Crippen molar-refractivity contribution in [1.82, 2.24) is 10.1 Å². The minimum atomic E-state index is -0.0349. The fraction of sp³-hybridized carbons (Fsp3) is 0.211. The van der Waals surface area contributed by atoms with Gasteiger partial charge in [0.15, 0.2) is 29.7 Å². The monoisotopic (exact) mass is 338 g/mol. The molecule has 0 unspecified atom stereocenters. The number of ether oxygens (including phenoxy) is 2. The van der Waals surface area contributed by atoms with Crippen molar-refractivity contribution in [3.05, 3.63) is 71.4 Å². The molecule has 0 aliphatic heterocycles. The van der Waals surface area contributed by atoms with Crippen LogP contribution in [0, 0.1) is 0 Å². The molecule has 6 heteroatoms. The summed E-state index contributed by atoms with van der Waals surface area (Å²) in [5.74, 6) is 1.94. The molecule has 0 atom stereocenters. The molecule has 0 N–H and O–H groups in total. The van der Waals surface area contributed by atoms with Gasteiger partial charge < -0.3 is 14.0 Å². The zero-order valence-corrected chi connectivity index (χ0v) is 14.1. The average Bonchev–Trinajstić information content (AvgIpc) is 3.08. The summed E-state index contributed by atoms with van der Waals surface area (Å²) in [7, 11) is 1.52. The van der Waals surface area contributed by atoms with Crippen LogP contribution in [0.3, 0.4) is 0 Å². The van der Waals surface area contributed by atoms with Gasteiger partial charge in [0.25, 0.3) is 5.89 Å². The summed E-state index contributed by atoms with van der Waals surface area (Å²) in [4.78, 5) is 15.8. The molecule has 3 rings (SSSR count). The normalized spacial score (nSPS) is 10.5. The third-order valence-corrected chi connectivity index (χ3v) is 3.64. The first-order chi connectivity index (χ1) is 12.2. The fourth-order valence-electron chi connectivity index (χ4n) is 2.34. The average molecular weight is 338 g/mol. The Balaban J connectivity index is 1.65. The Bertz CT molecular complexity index is 859. The maximum absolute atomic E-state index is 11.4. The Hall–Kier alpha value is -3.15. The van der Waals surface area contributed by atoms with Gasteiger partial charge in [-0.25, -0.2) is 0 Å². The fourth-order valence-corrected chi connectivity index (χ4v) is 2.34. The van der Waals surface area contributed by atoms with Crippen LogP contribution in [0.4, 0.5) is 0 Å². The molecule has 0 bridgehead atoms. The molecule has 128 valence electrons. The maximum Gasteiger partial charge on any atom is 0.264 e. The number of methoxy groups -OCH3 is 1. The number of ketones is 1. The van der Waals surface area contributed by atoms with Crippen molar-refractivity contribution in [2.75, 3.05) is 7.11 Å². The number of hydrogen-bond donors (Lipinski definition) is 0. The smallest absolute Gasteiger partial charge is 0.264 e. The van der Waals surface area contributed by atoms with Crippen LogP contribution in [0.1, 0.15) is 34.6 Å². The largest absolute Gasteiger partial charge is 0.493 e. The van der Waals surface area contributed by atoms with Crippen molar-refractivity contribution in [3.8, 4) is 11.5 Å². The van der Waals surface area contributed by atoms with Gasteiger partial charge >= 0.3 is 0 Å². The summed E-state index contributed by atoms with van der Waals surface area (Å²) in [5.41, 5.74) is 1.67. The molecule has 25 heavy (non-hydrogen) atoms. The second-order valence-electron chi connectivity index (χ2n) is 5.48. The summed E-state index contributed by atoms with van der Waals surface area (Å²) in [6, 6.07) is 14.9. The molecule has 0 radical (unpaired) electrons. The van der Waals surface area contributed by atoms with Crippen molar-refractivity contribution >= 4 is 5.78 Å². The SMILES string of the molecule is COc1cc(C(C)=O)ccc1OCc1nc(Cc2ccccc2)no1. The lowest BCUT2D eigenvalue weighted by Crippen LogP contribution is -2.00. The number of nitrogens with zero attached hydrogens (tertiary/aromatic N) is 2. The zero-order valence-electron chi connectivity index (χ0n) is 14.1. The van der Waals surface area contributed by atoms with E-state index in [1.54, 1.807) is 18.2 Å². The summed E-state index contributed by atoms with van der Waals surface area (Å²) < 4.78 is 16.2. The highest BCUT2D eigenvalue weighted by molar-refractivity contribution is 5.94.